The van der Waals surface area contributed by atoms with E-state index in [1.54, 1.807) is 18.5 Å². The van der Waals surface area contributed by atoms with Gasteiger partial charge in [-0.1, -0.05) is 17.8 Å². The fourth-order valence-electron chi connectivity index (χ4n) is 2.65. The Bertz CT molecular complexity index is 1120. The number of hydrogen-bond donors (Lipinski definition) is 1. The quantitative estimate of drug-likeness (QED) is 0.437. The molecule has 7 nitrogen and oxygen atoms in total. The maximum atomic E-state index is 12.9. The lowest BCUT2D eigenvalue weighted by atomic mass is 10.2. The Labute approximate surface area is 179 Å². The van der Waals surface area contributed by atoms with Crippen LogP contribution in [0.1, 0.15) is 11.3 Å². The second-order valence-electron chi connectivity index (χ2n) is 6.27. The van der Waals surface area contributed by atoms with Crippen molar-refractivity contribution >= 4 is 23.4 Å². The van der Waals surface area contributed by atoms with Crippen LogP contribution in [-0.4, -0.2) is 27.6 Å². The molecule has 0 atom stereocenters. The Kier molecular flexibility index (Phi) is 6.95. The van der Waals surface area contributed by atoms with Crippen molar-refractivity contribution in [3.8, 4) is 5.75 Å². The number of alkyl halides is 3. The van der Waals surface area contributed by atoms with Crippen molar-refractivity contribution < 1.29 is 22.7 Å². The maximum absolute atomic E-state index is 12.9. The number of carbonyl (C=O) groups is 1. The highest BCUT2D eigenvalue weighted by Gasteiger charge is 2.30. The average molecular weight is 450 g/mol. The van der Waals surface area contributed by atoms with Crippen LogP contribution in [0.15, 0.2) is 64.9 Å². The molecule has 3 rings (SSSR count). The lowest BCUT2D eigenvalue weighted by molar-refractivity contribution is -0.137. The van der Waals surface area contributed by atoms with Crippen LogP contribution in [0, 0.1) is 0 Å². The molecule has 0 aliphatic heterocycles. The lowest BCUT2D eigenvalue weighted by Gasteiger charge is -2.15. The zero-order valence-corrected chi connectivity index (χ0v) is 17.0. The summed E-state index contributed by atoms with van der Waals surface area (Å²) in [5.41, 5.74) is -0.708. The molecule has 1 amide bonds. The number of hydrogen-bond acceptors (Lipinski definition) is 6. The summed E-state index contributed by atoms with van der Waals surface area (Å²) in [6.07, 6.45) is 0.0321. The fraction of sp³-hybridized carbons (Fsp3) is 0.200. The van der Waals surface area contributed by atoms with Crippen LogP contribution in [0.25, 0.3) is 0 Å². The predicted molar refractivity (Wildman–Crippen MR) is 109 cm³/mol. The molecule has 0 saturated heterocycles. The molecule has 0 aliphatic carbocycles. The first-order chi connectivity index (χ1) is 14.8. The first-order valence-electron chi connectivity index (χ1n) is 8.90. The molecule has 0 saturated carbocycles. The zero-order chi connectivity index (χ0) is 22.4. The molecular weight excluding hydrogens is 433 g/mol. The van der Waals surface area contributed by atoms with E-state index in [0.29, 0.717) is 16.6 Å². The Morgan fingerprint density at radius 2 is 1.94 bits per heavy atom. The monoisotopic (exact) mass is 450 g/mol. The van der Waals surface area contributed by atoms with E-state index in [2.05, 4.69) is 15.3 Å². The summed E-state index contributed by atoms with van der Waals surface area (Å²) in [6, 6.07) is 7.36. The Balaban J connectivity index is 1.79. The number of nitrogens with one attached hydrogen (secondary N) is 1. The van der Waals surface area contributed by atoms with E-state index < -0.39 is 17.6 Å². The van der Waals surface area contributed by atoms with Gasteiger partial charge < -0.3 is 14.6 Å². The number of anilines is 1. The summed E-state index contributed by atoms with van der Waals surface area (Å²) in [4.78, 5) is 32.8. The summed E-state index contributed by atoms with van der Waals surface area (Å²) in [5.74, 6) is -0.232. The Hall–Kier alpha value is -3.34. The number of pyridine rings is 1. The number of methoxy groups -OCH3 is 1. The number of carbonyl (C=O) groups excluding carboxylic acids is 1. The van der Waals surface area contributed by atoms with Gasteiger partial charge in [0.25, 0.3) is 0 Å². The average Bonchev–Trinajstić information content (AvgIpc) is 2.74. The zero-order valence-electron chi connectivity index (χ0n) is 16.2. The summed E-state index contributed by atoms with van der Waals surface area (Å²) < 4.78 is 45.2. The number of aromatic nitrogens is 3. The second-order valence-corrected chi connectivity index (χ2v) is 7.21. The molecule has 11 heteroatoms. The number of halogens is 3. The van der Waals surface area contributed by atoms with Gasteiger partial charge in [-0.05, 0) is 24.3 Å². The highest BCUT2D eigenvalue weighted by Crippen LogP contribution is 2.30. The summed E-state index contributed by atoms with van der Waals surface area (Å²) in [6.45, 7) is -0.238. The molecule has 0 radical (unpaired) electrons. The van der Waals surface area contributed by atoms with E-state index in [4.69, 9.17) is 4.74 Å². The minimum atomic E-state index is -4.52. The van der Waals surface area contributed by atoms with Crippen molar-refractivity contribution in [3.05, 3.63) is 76.5 Å². The van der Waals surface area contributed by atoms with E-state index >= 15 is 0 Å². The van der Waals surface area contributed by atoms with E-state index in [0.717, 1.165) is 12.1 Å². The Morgan fingerprint density at radius 3 is 2.61 bits per heavy atom. The minimum Gasteiger partial charge on any atom is -0.491 e. The SMILES string of the molecule is COc1cn(CC(=O)Nc2cccc(C(F)(F)F)c2)c(CSc2ncccn2)cc1=O. The molecule has 1 N–H and O–H groups in total. The van der Waals surface area contributed by atoms with Gasteiger partial charge >= 0.3 is 6.18 Å². The molecule has 2 aromatic heterocycles. The fourth-order valence-corrected chi connectivity index (χ4v) is 3.44. The topological polar surface area (TPSA) is 86.1 Å². The molecule has 0 fully saturated rings. The van der Waals surface area contributed by atoms with Gasteiger partial charge in [-0.3, -0.25) is 9.59 Å². The van der Waals surface area contributed by atoms with Crippen LogP contribution >= 0.6 is 11.8 Å². The maximum Gasteiger partial charge on any atom is 0.416 e. The molecule has 1 aromatic carbocycles. The molecule has 0 aliphatic rings. The number of nitrogens with zero attached hydrogens (tertiary/aromatic N) is 3. The summed E-state index contributed by atoms with van der Waals surface area (Å²) in [5, 5.41) is 2.94. The second kappa shape index (κ2) is 9.65. The normalized spacial score (nSPS) is 11.2. The molecule has 3 aromatic rings. The predicted octanol–water partition coefficient (Wildman–Crippen LogP) is 3.60. The van der Waals surface area contributed by atoms with Crippen LogP contribution in [0.2, 0.25) is 0 Å². The van der Waals surface area contributed by atoms with E-state index in [9.17, 15) is 22.8 Å². The van der Waals surface area contributed by atoms with Crippen LogP contribution in [-0.2, 0) is 23.3 Å². The van der Waals surface area contributed by atoms with Crippen molar-refractivity contribution in [1.82, 2.24) is 14.5 Å². The van der Waals surface area contributed by atoms with Crippen LogP contribution in [0.3, 0.4) is 0 Å². The minimum absolute atomic E-state index is 0.0152. The van der Waals surface area contributed by atoms with Gasteiger partial charge in [0.1, 0.15) is 6.54 Å². The number of ether oxygens (including phenoxy) is 1. The van der Waals surface area contributed by atoms with Gasteiger partial charge in [-0.15, -0.1) is 0 Å². The smallest absolute Gasteiger partial charge is 0.416 e. The molecular formula is C20H17F3N4O3S. The highest BCUT2D eigenvalue weighted by molar-refractivity contribution is 7.98. The van der Waals surface area contributed by atoms with Gasteiger partial charge in [0, 0.05) is 35.6 Å². The molecule has 162 valence electrons. The van der Waals surface area contributed by atoms with Crippen molar-refractivity contribution in [2.75, 3.05) is 12.4 Å². The van der Waals surface area contributed by atoms with Crippen molar-refractivity contribution in [3.63, 3.8) is 0 Å². The molecule has 31 heavy (non-hydrogen) atoms. The number of thioether (sulfide) groups is 1. The van der Waals surface area contributed by atoms with E-state index in [1.165, 1.54) is 47.8 Å². The van der Waals surface area contributed by atoms with E-state index in [-0.39, 0.29) is 23.4 Å². The summed E-state index contributed by atoms with van der Waals surface area (Å²) in [7, 11) is 1.33. The van der Waals surface area contributed by atoms with Crippen molar-refractivity contribution in [1.29, 1.82) is 0 Å². The molecule has 0 unspecified atom stereocenters. The van der Waals surface area contributed by atoms with Crippen LogP contribution in [0.4, 0.5) is 18.9 Å². The first-order valence-corrected chi connectivity index (χ1v) is 9.89. The highest BCUT2D eigenvalue weighted by atomic mass is 32.2. The van der Waals surface area contributed by atoms with Gasteiger partial charge in [-0.2, -0.15) is 13.2 Å². The molecule has 0 bridgehead atoms. The number of amides is 1. The third kappa shape index (κ3) is 6.07. The van der Waals surface area contributed by atoms with Crippen LogP contribution in [0.5, 0.6) is 5.75 Å². The third-order valence-electron chi connectivity index (χ3n) is 4.08. The van der Waals surface area contributed by atoms with Gasteiger partial charge in [-0.25, -0.2) is 9.97 Å². The molecule has 0 spiro atoms. The lowest BCUT2D eigenvalue weighted by Crippen LogP contribution is -2.23. The van der Waals surface area contributed by atoms with Crippen molar-refractivity contribution in [2.45, 2.75) is 23.6 Å². The standard InChI is InChI=1S/C20H17F3N4O3S/c1-30-17-10-27(15(9-16(17)28)12-31-19-24-6-3-7-25-19)11-18(29)26-14-5-2-4-13(8-14)20(21,22)23/h2-10H,11-12H2,1H3,(H,26,29). The van der Waals surface area contributed by atoms with Gasteiger partial charge in [0.15, 0.2) is 10.9 Å². The number of rotatable bonds is 7. The third-order valence-corrected chi connectivity index (χ3v) is 4.99. The molecule has 2 heterocycles. The van der Waals surface area contributed by atoms with Crippen LogP contribution < -0.4 is 15.5 Å². The van der Waals surface area contributed by atoms with Crippen molar-refractivity contribution in [2.24, 2.45) is 0 Å². The Morgan fingerprint density at radius 1 is 1.19 bits per heavy atom. The van der Waals surface area contributed by atoms with E-state index in [1.807, 2.05) is 0 Å². The largest absolute Gasteiger partial charge is 0.491 e. The summed E-state index contributed by atoms with van der Waals surface area (Å²) >= 11 is 1.27. The van der Waals surface area contributed by atoms with Gasteiger partial charge in [0.2, 0.25) is 11.3 Å². The van der Waals surface area contributed by atoms with Gasteiger partial charge in [0.05, 0.1) is 18.9 Å². The number of benzene rings is 1. The first kappa shape index (κ1) is 22.3.